The van der Waals surface area contributed by atoms with E-state index in [-0.39, 0.29) is 11.6 Å². The van der Waals surface area contributed by atoms with E-state index in [4.69, 9.17) is 16.2 Å². The van der Waals surface area contributed by atoms with Gasteiger partial charge in [0.15, 0.2) is 17.7 Å². The number of hydrogen-bond acceptors (Lipinski definition) is 10. The van der Waals surface area contributed by atoms with Gasteiger partial charge in [-0.15, -0.1) is 0 Å². The standard InChI is InChI=1S/C14H20N6O5S/c1-26(2-6(15)14(23)24)3-7-9(21)10(22)13(25-7)20-5-19-8-11(16)17-4-18-12(8)20/h4-7,9-10,13,21-22H,2-3,15H2,1H3,(H2-,16,17,18,23,24)/t6?,7-,9-,10-,13-,26?/m1/s1. The van der Waals surface area contributed by atoms with Crippen LogP contribution in [0.25, 0.3) is 11.2 Å². The van der Waals surface area contributed by atoms with Crippen LogP contribution in [0.3, 0.4) is 0 Å². The first-order chi connectivity index (χ1) is 12.3. The van der Waals surface area contributed by atoms with Crippen LogP contribution < -0.4 is 16.6 Å². The van der Waals surface area contributed by atoms with Crippen molar-refractivity contribution in [2.45, 2.75) is 30.6 Å². The lowest BCUT2D eigenvalue weighted by Gasteiger charge is -2.17. The highest BCUT2D eigenvalue weighted by Gasteiger charge is 2.46. The van der Waals surface area contributed by atoms with Gasteiger partial charge in [0.2, 0.25) is 0 Å². The Labute approximate surface area is 151 Å². The van der Waals surface area contributed by atoms with Crippen molar-refractivity contribution in [1.29, 1.82) is 0 Å². The Morgan fingerprint density at radius 1 is 1.42 bits per heavy atom. The lowest BCUT2D eigenvalue weighted by atomic mass is 10.1. The number of carboxylic acid groups (broad SMARTS) is 1. The number of aliphatic carboxylic acids is 1. The maximum atomic E-state index is 10.8. The molecule has 142 valence electrons. The smallest absolute Gasteiger partial charge is 0.167 e. The Hall–Kier alpha value is -1.99. The van der Waals surface area contributed by atoms with Crippen molar-refractivity contribution in [2.75, 3.05) is 23.5 Å². The second kappa shape index (κ2) is 7.32. The molecule has 1 aliphatic rings. The van der Waals surface area contributed by atoms with E-state index in [0.29, 0.717) is 16.9 Å². The first kappa shape index (κ1) is 18.8. The number of carbonyl (C=O) groups excluding carboxylic acids is 1. The highest BCUT2D eigenvalue weighted by Crippen LogP contribution is 2.32. The summed E-state index contributed by atoms with van der Waals surface area (Å²) in [5.74, 6) is -0.575. The van der Waals surface area contributed by atoms with Crippen molar-refractivity contribution in [3.8, 4) is 0 Å². The van der Waals surface area contributed by atoms with Gasteiger partial charge in [-0.2, -0.15) is 0 Å². The van der Waals surface area contributed by atoms with Crippen molar-refractivity contribution in [1.82, 2.24) is 19.5 Å². The van der Waals surface area contributed by atoms with Gasteiger partial charge in [0.25, 0.3) is 0 Å². The predicted molar refractivity (Wildman–Crippen MR) is 91.7 cm³/mol. The molecule has 0 saturated carbocycles. The Balaban J connectivity index is 1.75. The molecule has 0 aromatic carbocycles. The molecule has 26 heavy (non-hydrogen) atoms. The van der Waals surface area contributed by atoms with Crippen LogP contribution in [0.1, 0.15) is 6.23 Å². The number of anilines is 1. The minimum absolute atomic E-state index is 0.199. The van der Waals surface area contributed by atoms with Gasteiger partial charge in [-0.05, 0) is 10.9 Å². The second-order valence-electron chi connectivity index (χ2n) is 6.17. The summed E-state index contributed by atoms with van der Waals surface area (Å²) in [5.41, 5.74) is 12.0. The van der Waals surface area contributed by atoms with Crippen LogP contribution in [-0.4, -0.2) is 77.8 Å². The third kappa shape index (κ3) is 3.46. The molecular formula is C14H20N6O5S. The van der Waals surface area contributed by atoms with Crippen LogP contribution in [0, 0.1) is 0 Å². The minimum Gasteiger partial charge on any atom is -0.548 e. The highest BCUT2D eigenvalue weighted by molar-refractivity contribution is 7.96. The van der Waals surface area contributed by atoms with Gasteiger partial charge in [-0.3, -0.25) is 4.57 Å². The van der Waals surface area contributed by atoms with E-state index in [1.54, 1.807) is 0 Å². The van der Waals surface area contributed by atoms with Gasteiger partial charge in [0, 0.05) is 0 Å². The average molecular weight is 384 g/mol. The van der Waals surface area contributed by atoms with E-state index in [1.165, 1.54) is 17.2 Å². The molecule has 2 aromatic heterocycles. The van der Waals surface area contributed by atoms with Crippen LogP contribution in [0.4, 0.5) is 5.82 Å². The number of hydrogen-bond donors (Lipinski definition) is 4. The molecule has 0 bridgehead atoms. The summed E-state index contributed by atoms with van der Waals surface area (Å²) in [4.78, 5) is 22.8. The van der Waals surface area contributed by atoms with Crippen molar-refractivity contribution in [3.63, 3.8) is 0 Å². The third-order valence-corrected chi connectivity index (χ3v) is 6.04. The molecular weight excluding hydrogens is 364 g/mol. The molecule has 1 fully saturated rings. The van der Waals surface area contributed by atoms with Crippen LogP contribution in [0.5, 0.6) is 0 Å². The Bertz CT molecular complexity index is 803. The van der Waals surface area contributed by atoms with Crippen molar-refractivity contribution >= 4 is 33.8 Å². The number of aliphatic hydroxyl groups excluding tert-OH is 2. The summed E-state index contributed by atoms with van der Waals surface area (Å²) in [7, 11) is -0.451. The number of aromatic nitrogens is 4. The van der Waals surface area contributed by atoms with Gasteiger partial charge in [-0.25, -0.2) is 15.0 Å². The van der Waals surface area contributed by atoms with Crippen molar-refractivity contribution in [2.24, 2.45) is 5.73 Å². The Morgan fingerprint density at radius 2 is 2.15 bits per heavy atom. The van der Waals surface area contributed by atoms with E-state index in [0.717, 1.165) is 0 Å². The summed E-state index contributed by atoms with van der Waals surface area (Å²) in [6.45, 7) is 0. The zero-order valence-corrected chi connectivity index (χ0v) is 14.7. The maximum absolute atomic E-state index is 10.8. The molecule has 0 spiro atoms. The fraction of sp³-hybridized carbons (Fsp3) is 0.571. The highest BCUT2D eigenvalue weighted by atomic mass is 32.2. The molecule has 2 aromatic rings. The monoisotopic (exact) mass is 384 g/mol. The van der Waals surface area contributed by atoms with Crippen LogP contribution in [0.2, 0.25) is 0 Å². The molecule has 6 atom stereocenters. The largest absolute Gasteiger partial charge is 0.548 e. The SMILES string of the molecule is C[S+](CC(N)C(=O)[O-])C[C@H]1O[C@@H](n2cnc3c(N)ncnc32)[C@H](O)[C@@H]1O. The number of aliphatic hydroxyl groups is 2. The van der Waals surface area contributed by atoms with Gasteiger partial charge in [-0.1, -0.05) is 0 Å². The van der Waals surface area contributed by atoms with Gasteiger partial charge < -0.3 is 36.3 Å². The predicted octanol–water partition coefficient (Wildman–Crippen LogP) is -3.65. The summed E-state index contributed by atoms with van der Waals surface area (Å²) in [6, 6.07) is -1.08. The molecule has 1 saturated heterocycles. The number of nitrogen functional groups attached to an aromatic ring is 1. The van der Waals surface area contributed by atoms with E-state index in [2.05, 4.69) is 15.0 Å². The number of ether oxygens (including phenoxy) is 1. The fourth-order valence-corrected chi connectivity index (χ4v) is 4.60. The first-order valence-corrected chi connectivity index (χ1v) is 9.77. The van der Waals surface area contributed by atoms with Gasteiger partial charge >= 0.3 is 0 Å². The number of fused-ring (bicyclic) bond motifs is 1. The summed E-state index contributed by atoms with van der Waals surface area (Å²) in [6.07, 6.45) is 0.562. The minimum atomic E-state index is -1.32. The molecule has 3 heterocycles. The summed E-state index contributed by atoms with van der Waals surface area (Å²) < 4.78 is 7.30. The molecule has 12 heteroatoms. The Morgan fingerprint density at radius 3 is 2.85 bits per heavy atom. The molecule has 11 nitrogen and oxygen atoms in total. The number of imidazole rings is 1. The maximum Gasteiger partial charge on any atom is 0.167 e. The fourth-order valence-electron chi connectivity index (χ4n) is 2.88. The number of carboxylic acids is 1. The summed E-state index contributed by atoms with van der Waals surface area (Å²) >= 11 is 0. The van der Waals surface area contributed by atoms with E-state index >= 15 is 0 Å². The lowest BCUT2D eigenvalue weighted by molar-refractivity contribution is -0.306. The summed E-state index contributed by atoms with van der Waals surface area (Å²) in [5, 5.41) is 31.5. The number of carbonyl (C=O) groups is 1. The third-order valence-electron chi connectivity index (χ3n) is 4.21. The zero-order valence-electron chi connectivity index (χ0n) is 13.9. The molecule has 0 amide bonds. The number of rotatable bonds is 6. The second-order valence-corrected chi connectivity index (χ2v) is 8.40. The number of nitrogens with two attached hydrogens (primary N) is 2. The van der Waals surface area contributed by atoms with Gasteiger partial charge in [0.1, 0.15) is 41.7 Å². The van der Waals surface area contributed by atoms with E-state index in [9.17, 15) is 20.1 Å². The Kier molecular flexibility index (Phi) is 5.29. The number of nitrogens with zero attached hydrogens (tertiary/aromatic N) is 4. The van der Waals surface area contributed by atoms with Gasteiger partial charge in [0.05, 0.1) is 24.6 Å². The van der Waals surface area contributed by atoms with Crippen LogP contribution >= 0.6 is 0 Å². The van der Waals surface area contributed by atoms with E-state index in [1.807, 2.05) is 6.26 Å². The average Bonchev–Trinajstić information content (AvgIpc) is 3.12. The lowest BCUT2D eigenvalue weighted by Crippen LogP contribution is -2.47. The molecule has 1 aliphatic heterocycles. The molecule has 6 N–H and O–H groups in total. The molecule has 0 radical (unpaired) electrons. The van der Waals surface area contributed by atoms with Crippen LogP contribution in [0.15, 0.2) is 12.7 Å². The van der Waals surface area contributed by atoms with Crippen molar-refractivity contribution < 1.29 is 24.9 Å². The normalized spacial score (nSPS) is 28.3. The zero-order chi connectivity index (χ0) is 19.0. The van der Waals surface area contributed by atoms with E-state index < -0.39 is 47.4 Å². The molecule has 3 rings (SSSR count). The van der Waals surface area contributed by atoms with Crippen LogP contribution in [-0.2, 0) is 20.4 Å². The first-order valence-electron chi connectivity index (χ1n) is 7.79. The quantitative estimate of drug-likeness (QED) is 0.362. The van der Waals surface area contributed by atoms with Crippen molar-refractivity contribution in [3.05, 3.63) is 12.7 Å². The molecule has 0 aliphatic carbocycles. The molecule has 2 unspecified atom stereocenters. The topological polar surface area (TPSA) is 185 Å².